The molecule has 0 aromatic carbocycles. The molecule has 0 spiro atoms. The predicted octanol–water partition coefficient (Wildman–Crippen LogP) is 0.599. The Bertz CT molecular complexity index is 841. The second-order valence-electron chi connectivity index (χ2n) is 7.32. The van der Waals surface area contributed by atoms with Crippen LogP contribution in [0, 0.1) is 12.8 Å². The summed E-state index contributed by atoms with van der Waals surface area (Å²) in [5.74, 6) is 0.273. The van der Waals surface area contributed by atoms with Crippen molar-refractivity contribution in [3.63, 3.8) is 0 Å². The molecule has 0 radical (unpaired) electrons. The second kappa shape index (κ2) is 8.09. The highest BCUT2D eigenvalue weighted by atomic mass is 16.5. The summed E-state index contributed by atoms with van der Waals surface area (Å²) in [6.07, 6.45) is 3.60. The van der Waals surface area contributed by atoms with Crippen LogP contribution >= 0.6 is 0 Å². The molecule has 2 saturated heterocycles. The Labute approximate surface area is 162 Å². The first-order valence-corrected chi connectivity index (χ1v) is 9.60. The lowest BCUT2D eigenvalue weighted by molar-refractivity contribution is 0.0299. The van der Waals surface area contributed by atoms with Crippen LogP contribution in [0.1, 0.15) is 39.6 Å². The van der Waals surface area contributed by atoms with Crippen LogP contribution in [0.25, 0.3) is 0 Å². The van der Waals surface area contributed by atoms with Crippen molar-refractivity contribution in [2.75, 3.05) is 39.4 Å². The molecule has 1 atom stereocenters. The number of morpholine rings is 1. The van der Waals surface area contributed by atoms with E-state index in [0.717, 1.165) is 12.8 Å². The molecule has 4 heterocycles. The fourth-order valence-corrected chi connectivity index (χ4v) is 3.70. The van der Waals surface area contributed by atoms with Crippen LogP contribution in [0.5, 0.6) is 0 Å². The zero-order chi connectivity index (χ0) is 19.5. The van der Waals surface area contributed by atoms with Crippen molar-refractivity contribution >= 4 is 11.8 Å². The van der Waals surface area contributed by atoms with Crippen molar-refractivity contribution in [2.45, 2.75) is 26.3 Å². The van der Waals surface area contributed by atoms with E-state index in [1.165, 1.54) is 0 Å². The Morgan fingerprint density at radius 2 is 2.00 bits per heavy atom. The Balaban J connectivity index is 1.36. The van der Waals surface area contributed by atoms with Gasteiger partial charge in [-0.25, -0.2) is 0 Å². The average Bonchev–Trinajstić information content (AvgIpc) is 3.37. The van der Waals surface area contributed by atoms with Crippen molar-refractivity contribution in [2.24, 2.45) is 5.92 Å². The molecule has 2 fully saturated rings. The molecule has 0 unspecified atom stereocenters. The monoisotopic (exact) mass is 388 g/mol. The standard InChI is InChI=1S/C18H24N6O4/c1-13-9-16(28-20-13)18(26)23-4-2-3-14(10-23)11-24-12-15(19-21-24)17(25)22-5-7-27-8-6-22/h9,12,14H,2-8,10-11H2,1H3/t14-/m0/s1. The zero-order valence-electron chi connectivity index (χ0n) is 15.9. The van der Waals surface area contributed by atoms with E-state index in [-0.39, 0.29) is 23.5 Å². The van der Waals surface area contributed by atoms with Crippen molar-refractivity contribution < 1.29 is 18.8 Å². The number of aryl methyl sites for hydroxylation is 1. The molecule has 2 aliphatic rings. The van der Waals surface area contributed by atoms with Crippen molar-refractivity contribution in [3.05, 3.63) is 29.4 Å². The number of likely N-dealkylation sites (tertiary alicyclic amines) is 1. The van der Waals surface area contributed by atoms with Gasteiger partial charge in [-0.1, -0.05) is 10.4 Å². The van der Waals surface area contributed by atoms with Gasteiger partial charge in [-0.05, 0) is 25.7 Å². The third-order valence-corrected chi connectivity index (χ3v) is 5.15. The highest BCUT2D eigenvalue weighted by Gasteiger charge is 2.28. The van der Waals surface area contributed by atoms with E-state index in [0.29, 0.717) is 57.3 Å². The number of carbonyl (C=O) groups excluding carboxylic acids is 2. The van der Waals surface area contributed by atoms with Crippen LogP contribution in [0.4, 0.5) is 0 Å². The number of rotatable bonds is 4. The molecule has 2 aliphatic heterocycles. The highest BCUT2D eigenvalue weighted by molar-refractivity contribution is 5.92. The fraction of sp³-hybridized carbons (Fsp3) is 0.611. The summed E-state index contributed by atoms with van der Waals surface area (Å²) in [6.45, 7) is 5.98. The third-order valence-electron chi connectivity index (χ3n) is 5.15. The van der Waals surface area contributed by atoms with Gasteiger partial charge in [-0.15, -0.1) is 5.10 Å². The average molecular weight is 388 g/mol. The molecular weight excluding hydrogens is 364 g/mol. The summed E-state index contributed by atoms with van der Waals surface area (Å²) in [5.41, 5.74) is 1.04. The normalized spacial score (nSPS) is 20.4. The lowest BCUT2D eigenvalue weighted by Gasteiger charge is -2.31. The first kappa shape index (κ1) is 18.6. The maximum Gasteiger partial charge on any atom is 0.292 e. The molecule has 2 aromatic rings. The lowest BCUT2D eigenvalue weighted by atomic mass is 9.98. The van der Waals surface area contributed by atoms with Gasteiger partial charge < -0.3 is 19.1 Å². The van der Waals surface area contributed by atoms with E-state index in [1.807, 2.05) is 0 Å². The smallest absolute Gasteiger partial charge is 0.292 e. The van der Waals surface area contributed by atoms with Crippen LogP contribution in [0.3, 0.4) is 0 Å². The number of carbonyl (C=O) groups is 2. The van der Waals surface area contributed by atoms with Crippen LogP contribution < -0.4 is 0 Å². The molecule has 10 heteroatoms. The van der Waals surface area contributed by atoms with Gasteiger partial charge in [0.05, 0.1) is 25.1 Å². The first-order valence-electron chi connectivity index (χ1n) is 9.60. The van der Waals surface area contributed by atoms with Gasteiger partial charge in [0, 0.05) is 38.8 Å². The molecule has 10 nitrogen and oxygen atoms in total. The maximum atomic E-state index is 12.6. The minimum atomic E-state index is -0.132. The largest absolute Gasteiger partial charge is 0.378 e. The molecule has 4 rings (SSSR count). The Kier molecular flexibility index (Phi) is 5.38. The molecule has 150 valence electrons. The summed E-state index contributed by atoms with van der Waals surface area (Å²) in [4.78, 5) is 28.6. The molecule has 0 bridgehead atoms. The number of nitrogens with zero attached hydrogens (tertiary/aromatic N) is 6. The molecule has 0 saturated carbocycles. The van der Waals surface area contributed by atoms with Crippen LogP contribution in [0.2, 0.25) is 0 Å². The summed E-state index contributed by atoms with van der Waals surface area (Å²) in [6, 6.07) is 1.66. The highest BCUT2D eigenvalue weighted by Crippen LogP contribution is 2.20. The summed E-state index contributed by atoms with van der Waals surface area (Å²) < 4.78 is 12.1. The molecule has 28 heavy (non-hydrogen) atoms. The lowest BCUT2D eigenvalue weighted by Crippen LogP contribution is -2.41. The molecule has 2 amide bonds. The number of piperidine rings is 1. The zero-order valence-corrected chi connectivity index (χ0v) is 15.9. The molecule has 2 aromatic heterocycles. The quantitative estimate of drug-likeness (QED) is 0.755. The van der Waals surface area contributed by atoms with E-state index >= 15 is 0 Å². The van der Waals surface area contributed by atoms with Gasteiger partial charge in [0.15, 0.2) is 5.69 Å². The molecule has 0 aliphatic carbocycles. The minimum Gasteiger partial charge on any atom is -0.378 e. The van der Waals surface area contributed by atoms with E-state index in [9.17, 15) is 9.59 Å². The van der Waals surface area contributed by atoms with Crippen LogP contribution in [0.15, 0.2) is 16.8 Å². The number of amides is 2. The number of hydrogen-bond acceptors (Lipinski definition) is 7. The van der Waals surface area contributed by atoms with Crippen LogP contribution in [-0.4, -0.2) is 81.2 Å². The summed E-state index contributed by atoms with van der Waals surface area (Å²) in [7, 11) is 0. The topological polar surface area (TPSA) is 107 Å². The second-order valence-corrected chi connectivity index (χ2v) is 7.32. The Morgan fingerprint density at radius 3 is 2.75 bits per heavy atom. The summed E-state index contributed by atoms with van der Waals surface area (Å²) in [5, 5.41) is 11.9. The Morgan fingerprint density at radius 1 is 1.18 bits per heavy atom. The van der Waals surface area contributed by atoms with Gasteiger partial charge in [-0.2, -0.15) is 0 Å². The first-order chi connectivity index (χ1) is 13.6. The van der Waals surface area contributed by atoms with Gasteiger partial charge in [0.1, 0.15) is 0 Å². The Hall–Kier alpha value is -2.75. The SMILES string of the molecule is Cc1cc(C(=O)N2CCC[C@H](Cn3cc(C(=O)N4CCOCC4)nn3)C2)on1. The van der Waals surface area contributed by atoms with Gasteiger partial charge in [-0.3, -0.25) is 14.3 Å². The number of aromatic nitrogens is 4. The number of ether oxygens (including phenoxy) is 1. The van der Waals surface area contributed by atoms with Crippen molar-refractivity contribution in [3.8, 4) is 0 Å². The predicted molar refractivity (Wildman–Crippen MR) is 96.6 cm³/mol. The van der Waals surface area contributed by atoms with Gasteiger partial charge in [0.2, 0.25) is 5.76 Å². The van der Waals surface area contributed by atoms with Crippen molar-refractivity contribution in [1.82, 2.24) is 30.0 Å². The minimum absolute atomic E-state index is 0.115. The van der Waals surface area contributed by atoms with Gasteiger partial charge in [0.25, 0.3) is 11.8 Å². The van der Waals surface area contributed by atoms with Crippen molar-refractivity contribution in [1.29, 1.82) is 0 Å². The third kappa shape index (κ3) is 4.06. The molecular formula is C18H24N6O4. The molecule has 0 N–H and O–H groups in total. The van der Waals surface area contributed by atoms with E-state index in [4.69, 9.17) is 9.26 Å². The van der Waals surface area contributed by atoms with E-state index < -0.39 is 0 Å². The fourth-order valence-electron chi connectivity index (χ4n) is 3.70. The van der Waals surface area contributed by atoms with E-state index in [1.54, 1.807) is 33.7 Å². The van der Waals surface area contributed by atoms with Gasteiger partial charge >= 0.3 is 0 Å². The summed E-state index contributed by atoms with van der Waals surface area (Å²) >= 11 is 0. The van der Waals surface area contributed by atoms with E-state index in [2.05, 4.69) is 15.5 Å². The van der Waals surface area contributed by atoms with Crippen LogP contribution in [-0.2, 0) is 11.3 Å². The number of hydrogen-bond donors (Lipinski definition) is 0. The maximum absolute atomic E-state index is 12.6.